The van der Waals surface area contributed by atoms with Gasteiger partial charge in [0.2, 0.25) is 5.91 Å². The normalized spacial score (nSPS) is 16.6. The molecule has 0 bridgehead atoms. The molecule has 1 atom stereocenters. The first-order valence-electron chi connectivity index (χ1n) is 13.2. The van der Waals surface area contributed by atoms with E-state index >= 15 is 0 Å². The van der Waals surface area contributed by atoms with Crippen molar-refractivity contribution in [1.82, 2.24) is 4.90 Å². The van der Waals surface area contributed by atoms with Crippen LogP contribution in [0.4, 0.5) is 0 Å². The number of hydrogen-bond donors (Lipinski definition) is 0. The molecule has 0 saturated carbocycles. The van der Waals surface area contributed by atoms with Crippen LogP contribution in [-0.2, 0) is 4.79 Å². The van der Waals surface area contributed by atoms with Gasteiger partial charge < -0.3 is 14.1 Å². The van der Waals surface area contributed by atoms with Gasteiger partial charge in [0.25, 0.3) is 0 Å². The Morgan fingerprint density at radius 3 is 2.69 bits per heavy atom. The van der Waals surface area contributed by atoms with Crippen LogP contribution in [0.2, 0.25) is 0 Å². The van der Waals surface area contributed by atoms with E-state index in [1.165, 1.54) is 17.2 Å². The van der Waals surface area contributed by atoms with Crippen molar-refractivity contribution in [3.05, 3.63) is 72.0 Å². The largest absolute Gasteiger partial charge is 0.493 e. The monoisotopic (exact) mass is 481 g/mol. The second-order valence-electron chi connectivity index (χ2n) is 9.78. The van der Waals surface area contributed by atoms with Crippen LogP contribution in [0.15, 0.2) is 65.3 Å². The van der Waals surface area contributed by atoms with E-state index in [2.05, 4.69) is 60.4 Å². The average molecular weight is 482 g/mol. The molecule has 2 heterocycles. The number of aryl methyl sites for hydroxylation is 1. The third kappa shape index (κ3) is 4.30. The van der Waals surface area contributed by atoms with Crippen molar-refractivity contribution < 1.29 is 13.9 Å². The molecule has 1 fully saturated rings. The lowest BCUT2D eigenvalue weighted by Crippen LogP contribution is -2.42. The van der Waals surface area contributed by atoms with E-state index in [-0.39, 0.29) is 5.91 Å². The quantitative estimate of drug-likeness (QED) is 0.261. The number of amides is 1. The van der Waals surface area contributed by atoms with E-state index in [1.54, 1.807) is 6.08 Å². The minimum absolute atomic E-state index is 0.0979. The molecule has 3 aromatic carbocycles. The Morgan fingerprint density at radius 2 is 1.89 bits per heavy atom. The summed E-state index contributed by atoms with van der Waals surface area (Å²) in [7, 11) is 0. The maximum atomic E-state index is 13.3. The molecule has 0 aliphatic carbocycles. The zero-order valence-electron chi connectivity index (χ0n) is 21.8. The number of nitrogens with zero attached hydrogens (tertiary/aromatic N) is 1. The molecule has 5 rings (SSSR count). The Bertz CT molecular complexity index is 1440. The molecular weight excluding hydrogens is 446 g/mol. The highest BCUT2D eigenvalue weighted by atomic mass is 16.5. The summed E-state index contributed by atoms with van der Waals surface area (Å²) in [6, 6.07) is 17.3. The van der Waals surface area contributed by atoms with Gasteiger partial charge in [0, 0.05) is 40.7 Å². The van der Waals surface area contributed by atoms with E-state index < -0.39 is 0 Å². The van der Waals surface area contributed by atoms with Crippen LogP contribution in [0.3, 0.4) is 0 Å². The molecule has 1 aliphatic heterocycles. The molecule has 4 nitrogen and oxygen atoms in total. The number of fused-ring (bicyclic) bond motifs is 2. The smallest absolute Gasteiger partial charge is 0.247 e. The van der Waals surface area contributed by atoms with E-state index in [1.807, 2.05) is 27.0 Å². The number of furan rings is 1. The van der Waals surface area contributed by atoms with Crippen molar-refractivity contribution in [1.29, 1.82) is 0 Å². The molecule has 1 saturated heterocycles. The molecule has 36 heavy (non-hydrogen) atoms. The second-order valence-corrected chi connectivity index (χ2v) is 9.78. The molecule has 4 heteroatoms. The van der Waals surface area contributed by atoms with Gasteiger partial charge in [0.1, 0.15) is 11.3 Å². The highest BCUT2D eigenvalue weighted by Crippen LogP contribution is 2.42. The molecule has 1 aliphatic rings. The lowest BCUT2D eigenvalue weighted by molar-refractivity contribution is -0.129. The minimum Gasteiger partial charge on any atom is -0.493 e. The third-order valence-corrected chi connectivity index (χ3v) is 7.56. The third-order valence-electron chi connectivity index (χ3n) is 7.56. The van der Waals surface area contributed by atoms with Crippen LogP contribution >= 0.6 is 0 Å². The van der Waals surface area contributed by atoms with E-state index in [4.69, 9.17) is 9.15 Å². The first kappa shape index (κ1) is 24.2. The van der Waals surface area contributed by atoms with Crippen molar-refractivity contribution in [3.8, 4) is 16.9 Å². The first-order chi connectivity index (χ1) is 17.5. The number of benzene rings is 3. The molecular formula is C32H35NO3. The van der Waals surface area contributed by atoms with Gasteiger partial charge in [0.15, 0.2) is 0 Å². The molecule has 1 amide bonds. The standard InChI is InChI=1S/C32H35NO3/c1-5-24-14-9-10-17-33(24)30(34)18-21(3)27-19-28-29(20-36-32(28)22(4)31(27)35-6-2)26-16-11-13-23-12-7-8-15-25(23)26/h7-8,11-13,15-16,18-20,24H,5-6,9-10,14,17H2,1-4H3/b21-18+. The van der Waals surface area contributed by atoms with Crippen LogP contribution in [0.1, 0.15) is 57.6 Å². The Labute approximate surface area is 213 Å². The van der Waals surface area contributed by atoms with E-state index in [9.17, 15) is 4.79 Å². The summed E-state index contributed by atoms with van der Waals surface area (Å²) in [6.07, 6.45) is 8.02. The highest BCUT2D eigenvalue weighted by Gasteiger charge is 2.25. The average Bonchev–Trinajstić information content (AvgIpc) is 3.33. The summed E-state index contributed by atoms with van der Waals surface area (Å²) in [4.78, 5) is 15.4. The summed E-state index contributed by atoms with van der Waals surface area (Å²) in [6.45, 7) is 9.60. The van der Waals surface area contributed by atoms with Gasteiger partial charge in [-0.2, -0.15) is 0 Å². The summed E-state index contributed by atoms with van der Waals surface area (Å²) < 4.78 is 12.3. The number of rotatable bonds is 6. The van der Waals surface area contributed by atoms with E-state index in [0.717, 1.165) is 70.4 Å². The van der Waals surface area contributed by atoms with Gasteiger partial charge in [-0.3, -0.25) is 4.79 Å². The van der Waals surface area contributed by atoms with Gasteiger partial charge in [-0.05, 0) is 74.4 Å². The molecule has 4 aromatic rings. The number of likely N-dealkylation sites (tertiary alicyclic amines) is 1. The fourth-order valence-corrected chi connectivity index (χ4v) is 5.67. The van der Waals surface area contributed by atoms with Crippen molar-refractivity contribution in [2.24, 2.45) is 0 Å². The Hall–Kier alpha value is -3.53. The Morgan fingerprint density at radius 1 is 1.08 bits per heavy atom. The predicted octanol–water partition coefficient (Wildman–Crippen LogP) is 8.15. The highest BCUT2D eigenvalue weighted by molar-refractivity contribution is 6.07. The van der Waals surface area contributed by atoms with Crippen molar-refractivity contribution >= 4 is 33.2 Å². The van der Waals surface area contributed by atoms with Gasteiger partial charge in [-0.1, -0.05) is 49.4 Å². The number of hydrogen-bond acceptors (Lipinski definition) is 3. The SMILES string of the molecule is CCOc1c(/C(C)=C/C(=O)N2CCCCC2CC)cc2c(-c3cccc4ccccc34)coc2c1C. The lowest BCUT2D eigenvalue weighted by Gasteiger charge is -2.34. The van der Waals surface area contributed by atoms with Gasteiger partial charge in [-0.15, -0.1) is 0 Å². The minimum atomic E-state index is 0.0979. The van der Waals surface area contributed by atoms with Crippen molar-refractivity contribution in [2.45, 2.75) is 59.4 Å². The summed E-state index contributed by atoms with van der Waals surface area (Å²) in [5.41, 5.74) is 5.84. The summed E-state index contributed by atoms with van der Waals surface area (Å²) in [5, 5.41) is 3.42. The zero-order valence-corrected chi connectivity index (χ0v) is 21.8. The fraction of sp³-hybridized carbons (Fsp3) is 0.344. The molecule has 0 N–H and O–H groups in total. The lowest BCUT2D eigenvalue weighted by atomic mass is 9.94. The zero-order chi connectivity index (χ0) is 25.2. The number of carbonyl (C=O) groups excluding carboxylic acids is 1. The molecule has 1 unspecified atom stereocenters. The van der Waals surface area contributed by atoms with Crippen molar-refractivity contribution in [3.63, 3.8) is 0 Å². The van der Waals surface area contributed by atoms with Gasteiger partial charge in [0.05, 0.1) is 12.9 Å². The number of ether oxygens (including phenoxy) is 1. The van der Waals surface area contributed by atoms with Crippen LogP contribution < -0.4 is 4.74 Å². The number of allylic oxidation sites excluding steroid dienone is 1. The van der Waals surface area contributed by atoms with Crippen LogP contribution in [0.25, 0.3) is 38.4 Å². The van der Waals surface area contributed by atoms with Gasteiger partial charge in [-0.25, -0.2) is 0 Å². The number of carbonyl (C=O) groups is 1. The molecule has 186 valence electrons. The fourth-order valence-electron chi connectivity index (χ4n) is 5.67. The topological polar surface area (TPSA) is 42.7 Å². The summed E-state index contributed by atoms with van der Waals surface area (Å²) >= 11 is 0. The Kier molecular flexibility index (Phi) is 6.86. The molecule has 0 radical (unpaired) electrons. The molecule has 0 spiro atoms. The van der Waals surface area contributed by atoms with Crippen LogP contribution in [0.5, 0.6) is 5.75 Å². The van der Waals surface area contributed by atoms with Crippen molar-refractivity contribution in [2.75, 3.05) is 13.2 Å². The van der Waals surface area contributed by atoms with Crippen LogP contribution in [-0.4, -0.2) is 30.0 Å². The number of piperidine rings is 1. The molecule has 1 aromatic heterocycles. The van der Waals surface area contributed by atoms with Crippen LogP contribution in [0, 0.1) is 6.92 Å². The van der Waals surface area contributed by atoms with E-state index in [0.29, 0.717) is 12.6 Å². The maximum absolute atomic E-state index is 13.3. The van der Waals surface area contributed by atoms with Gasteiger partial charge >= 0.3 is 0 Å². The maximum Gasteiger partial charge on any atom is 0.247 e. The first-order valence-corrected chi connectivity index (χ1v) is 13.2. The Balaban J connectivity index is 1.64. The second kappa shape index (κ2) is 10.2. The predicted molar refractivity (Wildman–Crippen MR) is 148 cm³/mol. The summed E-state index contributed by atoms with van der Waals surface area (Å²) in [5.74, 6) is 0.886.